The molecule has 3 rings (SSSR count). The van der Waals surface area contributed by atoms with Gasteiger partial charge in [0, 0.05) is 39.3 Å². The summed E-state index contributed by atoms with van der Waals surface area (Å²) in [4.78, 5) is 16.0. The van der Waals surface area contributed by atoms with Gasteiger partial charge in [-0.05, 0) is 31.0 Å². The molecule has 132 valence electrons. The topological polar surface area (TPSA) is 60.9 Å². The standard InChI is InChI=1S/C16H22FN3O3S/c17-14-4-3-5-15(12-14)24(22,23)20-10-8-18(9-11-20)13-16(21)19-6-1-2-7-19/h3-5,12H,1-2,6-11,13H2. The van der Waals surface area contributed by atoms with Crippen molar-refractivity contribution in [1.29, 1.82) is 0 Å². The SMILES string of the molecule is O=C(CN1CCN(S(=O)(=O)c2cccc(F)c2)CC1)N1CCCC1. The predicted octanol–water partition coefficient (Wildman–Crippen LogP) is 0.754. The minimum Gasteiger partial charge on any atom is -0.342 e. The lowest BCUT2D eigenvalue weighted by Gasteiger charge is -2.34. The van der Waals surface area contributed by atoms with Crippen molar-refractivity contribution >= 4 is 15.9 Å². The zero-order chi connectivity index (χ0) is 17.2. The molecule has 2 aliphatic heterocycles. The number of sulfonamides is 1. The van der Waals surface area contributed by atoms with Crippen molar-refractivity contribution < 1.29 is 17.6 Å². The summed E-state index contributed by atoms with van der Waals surface area (Å²) < 4.78 is 39.7. The lowest BCUT2D eigenvalue weighted by Crippen LogP contribution is -2.51. The number of carbonyl (C=O) groups is 1. The van der Waals surface area contributed by atoms with Crippen LogP contribution in [0.1, 0.15) is 12.8 Å². The van der Waals surface area contributed by atoms with Crippen LogP contribution < -0.4 is 0 Å². The maximum Gasteiger partial charge on any atom is 0.243 e. The molecule has 8 heteroatoms. The van der Waals surface area contributed by atoms with Gasteiger partial charge in [-0.1, -0.05) is 6.07 Å². The van der Waals surface area contributed by atoms with E-state index in [2.05, 4.69) is 0 Å². The van der Waals surface area contributed by atoms with Crippen LogP contribution in [-0.4, -0.2) is 74.2 Å². The summed E-state index contributed by atoms with van der Waals surface area (Å²) >= 11 is 0. The first-order chi connectivity index (χ1) is 11.5. The highest BCUT2D eigenvalue weighted by molar-refractivity contribution is 7.89. The van der Waals surface area contributed by atoms with Crippen molar-refractivity contribution in [3.63, 3.8) is 0 Å². The number of nitrogens with zero attached hydrogens (tertiary/aromatic N) is 3. The molecule has 0 aliphatic carbocycles. The molecule has 1 aromatic rings. The van der Waals surface area contributed by atoms with E-state index < -0.39 is 15.8 Å². The molecule has 2 fully saturated rings. The fraction of sp³-hybridized carbons (Fsp3) is 0.562. The van der Waals surface area contributed by atoms with Gasteiger partial charge >= 0.3 is 0 Å². The van der Waals surface area contributed by atoms with Crippen LogP contribution in [0.25, 0.3) is 0 Å². The normalized spacial score (nSPS) is 20.5. The molecule has 6 nitrogen and oxygen atoms in total. The van der Waals surface area contributed by atoms with E-state index >= 15 is 0 Å². The first-order valence-electron chi connectivity index (χ1n) is 8.23. The third-order valence-electron chi connectivity index (χ3n) is 4.58. The Kier molecular flexibility index (Phi) is 5.17. The minimum absolute atomic E-state index is 0.0240. The van der Waals surface area contributed by atoms with Crippen LogP contribution in [0.3, 0.4) is 0 Å². The highest BCUT2D eigenvalue weighted by atomic mass is 32.2. The van der Waals surface area contributed by atoms with Crippen LogP contribution in [0.4, 0.5) is 4.39 Å². The number of hydrogen-bond acceptors (Lipinski definition) is 4. The van der Waals surface area contributed by atoms with Crippen molar-refractivity contribution in [3.8, 4) is 0 Å². The Labute approximate surface area is 141 Å². The lowest BCUT2D eigenvalue weighted by molar-refractivity contribution is -0.131. The summed E-state index contributed by atoms with van der Waals surface area (Å²) in [7, 11) is -3.68. The third-order valence-corrected chi connectivity index (χ3v) is 6.48. The largest absolute Gasteiger partial charge is 0.342 e. The molecule has 1 aromatic carbocycles. The van der Waals surface area contributed by atoms with E-state index in [1.807, 2.05) is 9.80 Å². The van der Waals surface area contributed by atoms with Gasteiger partial charge in [0.15, 0.2) is 0 Å². The number of hydrogen-bond donors (Lipinski definition) is 0. The summed E-state index contributed by atoms with van der Waals surface area (Å²) in [6, 6.07) is 5.06. The number of halogens is 1. The second-order valence-corrected chi connectivity index (χ2v) is 8.16. The average Bonchev–Trinajstić information content (AvgIpc) is 3.10. The Morgan fingerprint density at radius 1 is 1.04 bits per heavy atom. The summed E-state index contributed by atoms with van der Waals surface area (Å²) in [5, 5.41) is 0. The summed E-state index contributed by atoms with van der Waals surface area (Å²) in [6.07, 6.45) is 2.12. The molecule has 24 heavy (non-hydrogen) atoms. The van der Waals surface area contributed by atoms with E-state index in [0.717, 1.165) is 32.0 Å². The molecular formula is C16H22FN3O3S. The van der Waals surface area contributed by atoms with Crippen LogP contribution in [0.15, 0.2) is 29.2 Å². The van der Waals surface area contributed by atoms with Gasteiger partial charge in [-0.2, -0.15) is 4.31 Å². The Balaban J connectivity index is 1.57. The number of rotatable bonds is 4. The Morgan fingerprint density at radius 3 is 2.33 bits per heavy atom. The number of piperazine rings is 1. The second kappa shape index (κ2) is 7.16. The van der Waals surface area contributed by atoms with Crippen LogP contribution >= 0.6 is 0 Å². The van der Waals surface area contributed by atoms with E-state index in [-0.39, 0.29) is 10.8 Å². The van der Waals surface area contributed by atoms with E-state index in [4.69, 9.17) is 0 Å². The summed E-state index contributed by atoms with van der Waals surface area (Å²) in [5.74, 6) is -0.445. The Bertz CT molecular complexity index is 696. The highest BCUT2D eigenvalue weighted by Crippen LogP contribution is 2.18. The number of amides is 1. The van der Waals surface area contributed by atoms with Crippen molar-refractivity contribution in [3.05, 3.63) is 30.1 Å². The number of carbonyl (C=O) groups excluding carboxylic acids is 1. The Hall–Kier alpha value is -1.51. The van der Waals surface area contributed by atoms with Gasteiger partial charge < -0.3 is 4.90 Å². The van der Waals surface area contributed by atoms with Crippen LogP contribution in [0.5, 0.6) is 0 Å². The van der Waals surface area contributed by atoms with E-state index in [1.165, 1.54) is 22.5 Å². The average molecular weight is 355 g/mol. The van der Waals surface area contributed by atoms with Gasteiger partial charge in [-0.25, -0.2) is 12.8 Å². The zero-order valence-corrected chi connectivity index (χ0v) is 14.3. The summed E-state index contributed by atoms with van der Waals surface area (Å²) in [5.41, 5.74) is 0. The molecule has 1 amide bonds. The predicted molar refractivity (Wildman–Crippen MR) is 87.4 cm³/mol. The quantitative estimate of drug-likeness (QED) is 0.800. The fourth-order valence-corrected chi connectivity index (χ4v) is 4.62. The van der Waals surface area contributed by atoms with Crippen molar-refractivity contribution in [2.75, 3.05) is 45.8 Å². The van der Waals surface area contributed by atoms with Crippen molar-refractivity contribution in [2.24, 2.45) is 0 Å². The van der Waals surface area contributed by atoms with Crippen LogP contribution in [-0.2, 0) is 14.8 Å². The van der Waals surface area contributed by atoms with Gasteiger partial charge in [0.25, 0.3) is 0 Å². The molecule has 2 saturated heterocycles. The van der Waals surface area contributed by atoms with E-state index in [0.29, 0.717) is 32.7 Å². The molecular weight excluding hydrogens is 333 g/mol. The molecule has 2 aliphatic rings. The number of benzene rings is 1. The monoisotopic (exact) mass is 355 g/mol. The minimum atomic E-state index is -3.68. The van der Waals surface area contributed by atoms with E-state index in [9.17, 15) is 17.6 Å². The molecule has 0 bridgehead atoms. The second-order valence-electron chi connectivity index (χ2n) is 6.23. The van der Waals surface area contributed by atoms with Gasteiger partial charge in [0.05, 0.1) is 11.4 Å². The lowest BCUT2D eigenvalue weighted by atomic mass is 10.3. The molecule has 0 spiro atoms. The molecule has 0 atom stereocenters. The van der Waals surface area contributed by atoms with Crippen molar-refractivity contribution in [1.82, 2.24) is 14.1 Å². The molecule has 0 radical (unpaired) electrons. The third kappa shape index (κ3) is 3.76. The van der Waals surface area contributed by atoms with Crippen molar-refractivity contribution in [2.45, 2.75) is 17.7 Å². The molecule has 0 aromatic heterocycles. The molecule has 0 saturated carbocycles. The fourth-order valence-electron chi connectivity index (χ4n) is 3.16. The summed E-state index contributed by atoms with van der Waals surface area (Å²) in [6.45, 7) is 3.63. The first kappa shape index (κ1) is 17.3. The molecule has 0 N–H and O–H groups in total. The smallest absolute Gasteiger partial charge is 0.243 e. The maximum atomic E-state index is 13.3. The van der Waals surface area contributed by atoms with Crippen LogP contribution in [0, 0.1) is 5.82 Å². The first-order valence-corrected chi connectivity index (χ1v) is 9.67. The highest BCUT2D eigenvalue weighted by Gasteiger charge is 2.30. The zero-order valence-electron chi connectivity index (χ0n) is 13.5. The Morgan fingerprint density at radius 2 is 1.71 bits per heavy atom. The molecule has 0 unspecified atom stereocenters. The van der Waals surface area contributed by atoms with Gasteiger partial charge in [-0.15, -0.1) is 0 Å². The molecule has 2 heterocycles. The van der Waals surface area contributed by atoms with E-state index in [1.54, 1.807) is 0 Å². The van der Waals surface area contributed by atoms with Gasteiger partial charge in [0.1, 0.15) is 5.82 Å². The number of likely N-dealkylation sites (tertiary alicyclic amines) is 1. The van der Waals surface area contributed by atoms with Gasteiger partial charge in [0.2, 0.25) is 15.9 Å². The maximum absolute atomic E-state index is 13.3. The van der Waals surface area contributed by atoms with Gasteiger partial charge in [-0.3, -0.25) is 9.69 Å². The van der Waals surface area contributed by atoms with Crippen LogP contribution in [0.2, 0.25) is 0 Å².